The Kier molecular flexibility index (Phi) is 3.86. The van der Waals surface area contributed by atoms with Crippen molar-refractivity contribution in [2.45, 2.75) is 6.42 Å². The van der Waals surface area contributed by atoms with Crippen molar-refractivity contribution in [3.05, 3.63) is 28.2 Å². The Hall–Kier alpha value is -1.56. The molecule has 18 heavy (non-hydrogen) atoms. The number of benzene rings is 1. The van der Waals surface area contributed by atoms with Gasteiger partial charge in [-0.2, -0.15) is 0 Å². The number of halogens is 1. The summed E-state index contributed by atoms with van der Waals surface area (Å²) in [5.74, 6) is -1.06. The summed E-state index contributed by atoms with van der Waals surface area (Å²) in [5, 5.41) is 11.9. The van der Waals surface area contributed by atoms with Gasteiger partial charge in [-0.1, -0.05) is 15.9 Å². The second-order valence-corrected chi connectivity index (χ2v) is 5.01. The van der Waals surface area contributed by atoms with Crippen LogP contribution in [0.1, 0.15) is 16.8 Å². The van der Waals surface area contributed by atoms with E-state index in [9.17, 15) is 14.7 Å². The topological polar surface area (TPSA) is 69.6 Å². The molecule has 1 heterocycles. The lowest BCUT2D eigenvalue weighted by molar-refractivity contribution is -0.119. The predicted molar refractivity (Wildman–Crippen MR) is 70.9 cm³/mol. The minimum atomic E-state index is -0.984. The maximum absolute atomic E-state index is 11.5. The number of amides is 1. The molecule has 6 heteroatoms. The van der Waals surface area contributed by atoms with Crippen molar-refractivity contribution >= 4 is 33.5 Å². The number of carboxylic acid groups (broad SMARTS) is 1. The standard InChI is InChI=1S/C12H13BrN2O3/c13-8-2-3-9(12(17)18)10(6-8)15-5-1-4-14-11(16)7-15/h2-3,6H,1,4-5,7H2,(H,14,16)(H,17,18). The van der Waals surface area contributed by atoms with Gasteiger partial charge in [-0.15, -0.1) is 0 Å². The van der Waals surface area contributed by atoms with Crippen LogP contribution in [0.5, 0.6) is 0 Å². The minimum absolute atomic E-state index is 0.0798. The predicted octanol–water partition coefficient (Wildman–Crippen LogP) is 1.47. The molecule has 1 saturated heterocycles. The summed E-state index contributed by atoms with van der Waals surface area (Å²) in [4.78, 5) is 24.5. The van der Waals surface area contributed by atoms with Crippen LogP contribution in [0.3, 0.4) is 0 Å². The Bertz CT molecular complexity index is 490. The van der Waals surface area contributed by atoms with Gasteiger partial charge in [0.25, 0.3) is 0 Å². The largest absolute Gasteiger partial charge is 0.478 e. The molecule has 0 saturated carbocycles. The van der Waals surface area contributed by atoms with Gasteiger partial charge in [0, 0.05) is 17.6 Å². The zero-order valence-corrected chi connectivity index (χ0v) is 11.2. The number of nitrogens with one attached hydrogen (secondary N) is 1. The van der Waals surface area contributed by atoms with E-state index >= 15 is 0 Å². The van der Waals surface area contributed by atoms with Gasteiger partial charge in [0.15, 0.2) is 0 Å². The molecule has 96 valence electrons. The van der Waals surface area contributed by atoms with Crippen molar-refractivity contribution in [3.63, 3.8) is 0 Å². The highest BCUT2D eigenvalue weighted by Crippen LogP contribution is 2.26. The molecular formula is C12H13BrN2O3. The van der Waals surface area contributed by atoms with Crippen LogP contribution in [0.4, 0.5) is 5.69 Å². The summed E-state index contributed by atoms with van der Waals surface area (Å²) in [6.07, 6.45) is 0.803. The highest BCUT2D eigenvalue weighted by molar-refractivity contribution is 9.10. The maximum Gasteiger partial charge on any atom is 0.337 e. The summed E-state index contributed by atoms with van der Waals surface area (Å²) in [5.41, 5.74) is 0.793. The molecule has 2 N–H and O–H groups in total. The molecule has 1 fully saturated rings. The van der Waals surface area contributed by atoms with Crippen molar-refractivity contribution in [2.75, 3.05) is 24.5 Å². The van der Waals surface area contributed by atoms with Crippen molar-refractivity contribution in [3.8, 4) is 0 Å². The van der Waals surface area contributed by atoms with E-state index in [2.05, 4.69) is 21.2 Å². The van der Waals surface area contributed by atoms with Crippen LogP contribution in [0, 0.1) is 0 Å². The van der Waals surface area contributed by atoms with Crippen LogP contribution >= 0.6 is 15.9 Å². The molecular weight excluding hydrogens is 300 g/mol. The van der Waals surface area contributed by atoms with Gasteiger partial charge >= 0.3 is 5.97 Å². The fraction of sp³-hybridized carbons (Fsp3) is 0.333. The SMILES string of the molecule is O=C1CN(c2cc(Br)ccc2C(=O)O)CCCN1. The monoisotopic (exact) mass is 312 g/mol. The number of rotatable bonds is 2. The van der Waals surface area contributed by atoms with Gasteiger partial charge in [0.2, 0.25) is 5.91 Å². The van der Waals surface area contributed by atoms with Crippen LogP contribution in [0.15, 0.2) is 22.7 Å². The van der Waals surface area contributed by atoms with Gasteiger partial charge < -0.3 is 15.3 Å². The number of carboxylic acids is 1. The molecule has 2 rings (SSSR count). The molecule has 0 radical (unpaired) electrons. The van der Waals surface area contributed by atoms with Crippen LogP contribution in [-0.4, -0.2) is 36.6 Å². The fourth-order valence-corrected chi connectivity index (χ4v) is 2.31. The summed E-state index contributed by atoms with van der Waals surface area (Å²) < 4.78 is 0.798. The average Bonchev–Trinajstić information content (AvgIpc) is 2.53. The normalized spacial score (nSPS) is 16.1. The van der Waals surface area contributed by atoms with E-state index in [0.717, 1.165) is 10.9 Å². The molecule has 0 atom stereocenters. The summed E-state index contributed by atoms with van der Waals surface area (Å²) in [6, 6.07) is 4.97. The third-order valence-electron chi connectivity index (χ3n) is 2.79. The zero-order chi connectivity index (χ0) is 13.1. The van der Waals surface area contributed by atoms with Crippen molar-refractivity contribution < 1.29 is 14.7 Å². The highest BCUT2D eigenvalue weighted by Gasteiger charge is 2.20. The number of aromatic carboxylic acids is 1. The molecule has 0 unspecified atom stereocenters. The van der Waals surface area contributed by atoms with E-state index in [4.69, 9.17) is 0 Å². The molecule has 1 aliphatic rings. The van der Waals surface area contributed by atoms with Crippen molar-refractivity contribution in [1.82, 2.24) is 5.32 Å². The smallest absolute Gasteiger partial charge is 0.337 e. The first kappa shape index (κ1) is 12.9. The lowest BCUT2D eigenvalue weighted by Gasteiger charge is -2.23. The second-order valence-electron chi connectivity index (χ2n) is 4.09. The van der Waals surface area contributed by atoms with E-state index in [1.807, 2.05) is 0 Å². The molecule has 0 spiro atoms. The molecule has 0 aliphatic carbocycles. The number of anilines is 1. The highest BCUT2D eigenvalue weighted by atomic mass is 79.9. The average molecular weight is 313 g/mol. The summed E-state index contributed by atoms with van der Waals surface area (Å²) in [7, 11) is 0. The molecule has 1 aliphatic heterocycles. The van der Waals surface area contributed by atoms with Gasteiger partial charge in [0.05, 0.1) is 17.8 Å². The molecule has 1 amide bonds. The maximum atomic E-state index is 11.5. The van der Waals surface area contributed by atoms with Gasteiger partial charge in [0.1, 0.15) is 0 Å². The Morgan fingerprint density at radius 2 is 2.22 bits per heavy atom. The lowest BCUT2D eigenvalue weighted by atomic mass is 10.1. The Balaban J connectivity index is 2.38. The number of nitrogens with zero attached hydrogens (tertiary/aromatic N) is 1. The quantitative estimate of drug-likeness (QED) is 0.867. The molecule has 1 aromatic rings. The van der Waals surface area contributed by atoms with Gasteiger partial charge in [-0.05, 0) is 24.6 Å². The second kappa shape index (κ2) is 5.39. The number of carbonyl (C=O) groups is 2. The van der Waals surface area contributed by atoms with Gasteiger partial charge in [-0.25, -0.2) is 4.79 Å². The first-order chi connectivity index (χ1) is 8.58. The van der Waals surface area contributed by atoms with Crippen LogP contribution < -0.4 is 10.2 Å². The third kappa shape index (κ3) is 2.81. The van der Waals surface area contributed by atoms with Gasteiger partial charge in [-0.3, -0.25) is 4.79 Å². The number of hydrogen-bond acceptors (Lipinski definition) is 3. The van der Waals surface area contributed by atoms with Crippen molar-refractivity contribution in [2.24, 2.45) is 0 Å². The van der Waals surface area contributed by atoms with Crippen LogP contribution in [0.25, 0.3) is 0 Å². The number of carbonyl (C=O) groups excluding carboxylic acids is 1. The molecule has 1 aromatic carbocycles. The lowest BCUT2D eigenvalue weighted by Crippen LogP contribution is -2.33. The molecule has 0 bridgehead atoms. The van der Waals surface area contributed by atoms with Crippen LogP contribution in [0.2, 0.25) is 0 Å². The van der Waals surface area contributed by atoms with E-state index < -0.39 is 5.97 Å². The van der Waals surface area contributed by atoms with E-state index in [0.29, 0.717) is 18.8 Å². The van der Waals surface area contributed by atoms with E-state index in [-0.39, 0.29) is 18.0 Å². The molecule has 5 nitrogen and oxygen atoms in total. The summed E-state index contributed by atoms with van der Waals surface area (Å²) >= 11 is 3.33. The Morgan fingerprint density at radius 3 is 2.94 bits per heavy atom. The first-order valence-corrected chi connectivity index (χ1v) is 6.42. The first-order valence-electron chi connectivity index (χ1n) is 5.62. The zero-order valence-electron chi connectivity index (χ0n) is 9.65. The Morgan fingerprint density at radius 1 is 1.44 bits per heavy atom. The van der Waals surface area contributed by atoms with E-state index in [1.54, 1.807) is 23.1 Å². The Labute approximate surface area is 113 Å². The van der Waals surface area contributed by atoms with Crippen LogP contribution in [-0.2, 0) is 4.79 Å². The summed E-state index contributed by atoms with van der Waals surface area (Å²) in [6.45, 7) is 1.48. The minimum Gasteiger partial charge on any atom is -0.478 e. The van der Waals surface area contributed by atoms with Crippen molar-refractivity contribution in [1.29, 1.82) is 0 Å². The number of hydrogen-bond donors (Lipinski definition) is 2. The fourth-order valence-electron chi connectivity index (χ4n) is 1.96. The molecule has 0 aromatic heterocycles. The van der Waals surface area contributed by atoms with E-state index in [1.165, 1.54) is 0 Å². The third-order valence-corrected chi connectivity index (χ3v) is 3.29.